The molecule has 0 radical (unpaired) electrons. The van der Waals surface area contributed by atoms with Gasteiger partial charge in [-0.15, -0.1) is 0 Å². The molecule has 2 aliphatic rings. The van der Waals surface area contributed by atoms with E-state index in [1.807, 2.05) is 0 Å². The van der Waals surface area contributed by atoms with Crippen molar-refractivity contribution in [1.29, 1.82) is 0 Å². The van der Waals surface area contributed by atoms with E-state index in [-0.39, 0.29) is 17.4 Å². The highest BCUT2D eigenvalue weighted by Gasteiger charge is 2.25. The monoisotopic (exact) mass is 418 g/mol. The zero-order valence-corrected chi connectivity index (χ0v) is 18.1. The van der Waals surface area contributed by atoms with Gasteiger partial charge in [-0.25, -0.2) is 4.39 Å². The molecule has 2 aliphatic heterocycles. The van der Waals surface area contributed by atoms with Crippen LogP contribution in [-0.2, 0) is 4.79 Å². The van der Waals surface area contributed by atoms with E-state index in [0.29, 0.717) is 32.0 Å². The third-order valence-corrected chi connectivity index (χ3v) is 6.45. The number of benzene rings is 1. The van der Waals surface area contributed by atoms with Crippen LogP contribution in [0, 0.1) is 11.7 Å². The maximum atomic E-state index is 13.8. The number of likely N-dealkylation sites (tertiary alicyclic amines) is 1. The van der Waals surface area contributed by atoms with E-state index in [9.17, 15) is 14.0 Å². The fraction of sp³-hybridized carbons (Fsp3) is 0.652. The van der Waals surface area contributed by atoms with Gasteiger partial charge in [-0.05, 0) is 43.9 Å². The van der Waals surface area contributed by atoms with Crippen LogP contribution >= 0.6 is 0 Å². The highest BCUT2D eigenvalue weighted by atomic mass is 19.1. The third-order valence-electron chi connectivity index (χ3n) is 6.45. The molecule has 0 unspecified atom stereocenters. The summed E-state index contributed by atoms with van der Waals surface area (Å²) >= 11 is 0. The first-order valence-corrected chi connectivity index (χ1v) is 11.3. The molecule has 7 heteroatoms. The quantitative estimate of drug-likeness (QED) is 0.703. The van der Waals surface area contributed by atoms with Gasteiger partial charge in [-0.3, -0.25) is 14.5 Å². The smallest absolute Gasteiger partial charge is 0.256 e. The number of piperazine rings is 1. The maximum Gasteiger partial charge on any atom is 0.256 e. The highest BCUT2D eigenvalue weighted by molar-refractivity contribution is 5.94. The van der Waals surface area contributed by atoms with Crippen molar-refractivity contribution in [2.75, 3.05) is 58.9 Å². The Kier molecular flexibility index (Phi) is 8.63. The van der Waals surface area contributed by atoms with Crippen LogP contribution in [0.2, 0.25) is 0 Å². The van der Waals surface area contributed by atoms with Gasteiger partial charge in [0.15, 0.2) is 0 Å². The average molecular weight is 419 g/mol. The van der Waals surface area contributed by atoms with Crippen molar-refractivity contribution in [2.45, 2.75) is 32.6 Å². The first-order chi connectivity index (χ1) is 14.6. The van der Waals surface area contributed by atoms with E-state index in [0.717, 1.165) is 58.5 Å². The van der Waals surface area contributed by atoms with Crippen molar-refractivity contribution >= 4 is 11.8 Å². The molecule has 0 atom stereocenters. The van der Waals surface area contributed by atoms with Gasteiger partial charge in [0.25, 0.3) is 5.91 Å². The molecule has 0 saturated carbocycles. The molecule has 2 heterocycles. The van der Waals surface area contributed by atoms with Crippen LogP contribution in [0.1, 0.15) is 43.0 Å². The van der Waals surface area contributed by atoms with E-state index >= 15 is 0 Å². The lowest BCUT2D eigenvalue weighted by Crippen LogP contribution is -2.48. The first-order valence-electron chi connectivity index (χ1n) is 11.3. The van der Waals surface area contributed by atoms with Crippen molar-refractivity contribution in [1.82, 2.24) is 20.0 Å². The minimum absolute atomic E-state index is 0.118. The Balaban J connectivity index is 1.29. The van der Waals surface area contributed by atoms with Crippen LogP contribution in [0.25, 0.3) is 0 Å². The molecule has 1 N–H and O–H groups in total. The van der Waals surface area contributed by atoms with Crippen molar-refractivity contribution in [3.8, 4) is 0 Å². The Labute approximate surface area is 179 Å². The molecule has 0 spiro atoms. The summed E-state index contributed by atoms with van der Waals surface area (Å²) in [7, 11) is 0. The summed E-state index contributed by atoms with van der Waals surface area (Å²) in [6, 6.07) is 6.14. The second-order valence-electron chi connectivity index (χ2n) is 8.38. The number of hydrogen-bond donors (Lipinski definition) is 1. The molecule has 1 aromatic carbocycles. The fourth-order valence-electron chi connectivity index (χ4n) is 4.34. The molecule has 30 heavy (non-hydrogen) atoms. The number of nitrogens with zero attached hydrogens (tertiary/aromatic N) is 3. The molecule has 3 rings (SSSR count). The normalized spacial score (nSPS) is 19.1. The van der Waals surface area contributed by atoms with Crippen LogP contribution in [0.15, 0.2) is 24.3 Å². The number of halogens is 1. The molecule has 2 fully saturated rings. The number of piperidine rings is 1. The highest BCUT2D eigenvalue weighted by Crippen LogP contribution is 2.23. The number of hydrogen-bond acceptors (Lipinski definition) is 4. The molecule has 0 aliphatic carbocycles. The molecular weight excluding hydrogens is 383 g/mol. The minimum Gasteiger partial charge on any atom is -0.355 e. The van der Waals surface area contributed by atoms with Gasteiger partial charge in [0.1, 0.15) is 5.82 Å². The molecule has 6 nitrogen and oxygen atoms in total. The lowest BCUT2D eigenvalue weighted by Gasteiger charge is -2.34. The average Bonchev–Trinajstić information content (AvgIpc) is 2.78. The zero-order valence-electron chi connectivity index (χ0n) is 18.1. The van der Waals surface area contributed by atoms with Crippen LogP contribution in [-0.4, -0.2) is 85.4 Å². The van der Waals surface area contributed by atoms with E-state index in [1.54, 1.807) is 17.0 Å². The summed E-state index contributed by atoms with van der Waals surface area (Å²) < 4.78 is 13.8. The predicted molar refractivity (Wildman–Crippen MR) is 116 cm³/mol. The van der Waals surface area contributed by atoms with Crippen molar-refractivity contribution in [2.24, 2.45) is 5.92 Å². The summed E-state index contributed by atoms with van der Waals surface area (Å²) in [5.74, 6) is -0.132. The van der Waals surface area contributed by atoms with E-state index in [1.165, 1.54) is 12.1 Å². The lowest BCUT2D eigenvalue weighted by molar-refractivity contribution is -0.121. The van der Waals surface area contributed by atoms with E-state index < -0.39 is 5.82 Å². The van der Waals surface area contributed by atoms with E-state index in [2.05, 4.69) is 22.0 Å². The number of rotatable bonds is 8. The summed E-state index contributed by atoms with van der Waals surface area (Å²) in [4.78, 5) is 31.3. The molecule has 0 aromatic heterocycles. The van der Waals surface area contributed by atoms with Gasteiger partial charge in [-0.2, -0.15) is 0 Å². The van der Waals surface area contributed by atoms with Crippen molar-refractivity contribution < 1.29 is 14.0 Å². The Morgan fingerprint density at radius 3 is 2.37 bits per heavy atom. The largest absolute Gasteiger partial charge is 0.355 e. The fourth-order valence-corrected chi connectivity index (χ4v) is 4.34. The standard InChI is InChI=1S/C23H35FN4O2/c1-2-26-15-17-27(18-16-26)14-11-25-22(29)8-7-19-9-12-28(13-10-19)23(30)20-5-3-4-6-21(20)24/h3-6,19H,2,7-18H2,1H3,(H,25,29). The van der Waals surface area contributed by atoms with Gasteiger partial charge < -0.3 is 15.1 Å². The molecule has 2 amide bonds. The second kappa shape index (κ2) is 11.4. The Hall–Kier alpha value is -1.99. The Bertz CT molecular complexity index is 698. The molecular formula is C23H35FN4O2. The van der Waals surface area contributed by atoms with Gasteiger partial charge in [0.2, 0.25) is 5.91 Å². The lowest BCUT2D eigenvalue weighted by atomic mass is 9.91. The van der Waals surface area contributed by atoms with Gasteiger partial charge in [0.05, 0.1) is 5.56 Å². The number of likely N-dealkylation sites (N-methyl/N-ethyl adjacent to an activating group) is 1. The minimum atomic E-state index is -0.464. The summed E-state index contributed by atoms with van der Waals surface area (Å²) in [6.07, 6.45) is 3.13. The van der Waals surface area contributed by atoms with Gasteiger partial charge in [0, 0.05) is 58.8 Å². The van der Waals surface area contributed by atoms with Crippen molar-refractivity contribution in [3.05, 3.63) is 35.6 Å². The van der Waals surface area contributed by atoms with Crippen LogP contribution < -0.4 is 5.32 Å². The van der Waals surface area contributed by atoms with Crippen LogP contribution in [0.3, 0.4) is 0 Å². The zero-order chi connectivity index (χ0) is 21.3. The molecule has 0 bridgehead atoms. The number of carbonyl (C=O) groups excluding carboxylic acids is 2. The molecule has 1 aromatic rings. The summed E-state index contributed by atoms with van der Waals surface area (Å²) in [6.45, 7) is 10.6. The van der Waals surface area contributed by atoms with Gasteiger partial charge >= 0.3 is 0 Å². The Morgan fingerprint density at radius 1 is 1.03 bits per heavy atom. The van der Waals surface area contributed by atoms with Crippen molar-refractivity contribution in [3.63, 3.8) is 0 Å². The first kappa shape index (κ1) is 22.7. The topological polar surface area (TPSA) is 55.9 Å². The number of amides is 2. The number of carbonyl (C=O) groups is 2. The summed E-state index contributed by atoms with van der Waals surface area (Å²) in [5, 5.41) is 3.05. The predicted octanol–water partition coefficient (Wildman–Crippen LogP) is 2.21. The Morgan fingerprint density at radius 2 is 1.70 bits per heavy atom. The maximum absolute atomic E-state index is 13.8. The second-order valence-corrected chi connectivity index (χ2v) is 8.38. The summed E-state index contributed by atoms with van der Waals surface area (Å²) in [5.41, 5.74) is 0.145. The number of nitrogens with one attached hydrogen (secondary N) is 1. The molecule has 2 saturated heterocycles. The third kappa shape index (κ3) is 6.51. The van der Waals surface area contributed by atoms with Crippen LogP contribution in [0.5, 0.6) is 0 Å². The van der Waals surface area contributed by atoms with E-state index in [4.69, 9.17) is 0 Å². The molecule has 166 valence electrons. The SMILES string of the molecule is CCN1CCN(CCNC(=O)CCC2CCN(C(=O)c3ccccc3F)CC2)CC1. The van der Waals surface area contributed by atoms with Gasteiger partial charge in [-0.1, -0.05) is 19.1 Å². The van der Waals surface area contributed by atoms with Crippen LogP contribution in [0.4, 0.5) is 4.39 Å².